The van der Waals surface area contributed by atoms with Gasteiger partial charge in [0.1, 0.15) is 17.3 Å². The van der Waals surface area contributed by atoms with E-state index in [1.807, 2.05) is 42.7 Å². The molecule has 0 unspecified atom stereocenters. The molecule has 26 heavy (non-hydrogen) atoms. The maximum atomic E-state index is 12.4. The van der Waals surface area contributed by atoms with Gasteiger partial charge in [0.2, 0.25) is 5.91 Å². The van der Waals surface area contributed by atoms with E-state index in [9.17, 15) is 4.79 Å². The van der Waals surface area contributed by atoms with Crippen molar-refractivity contribution in [2.75, 3.05) is 12.8 Å². The molecular weight excluding hydrogens is 350 g/mol. The fraction of sp³-hybridized carbons (Fsp3) is 0.333. The molecule has 0 saturated heterocycles. The summed E-state index contributed by atoms with van der Waals surface area (Å²) >= 11 is 1.39. The maximum Gasteiger partial charge on any atom is 0.233 e. The molecule has 1 amide bonds. The summed E-state index contributed by atoms with van der Waals surface area (Å²) in [6, 6.07) is 12.0. The van der Waals surface area contributed by atoms with Gasteiger partial charge in [-0.05, 0) is 19.4 Å². The Balaban J connectivity index is 1.60. The van der Waals surface area contributed by atoms with Crippen LogP contribution >= 0.6 is 11.8 Å². The van der Waals surface area contributed by atoms with E-state index in [1.54, 1.807) is 11.9 Å². The highest BCUT2D eigenvalue weighted by Crippen LogP contribution is 2.19. The van der Waals surface area contributed by atoms with Crippen molar-refractivity contribution in [3.8, 4) is 0 Å². The largest absolute Gasteiger partial charge is 0.361 e. The average molecular weight is 371 g/mol. The number of carbonyl (C=O) groups excluding carboxylic acids is 1. The highest BCUT2D eigenvalue weighted by Gasteiger charge is 2.15. The average Bonchev–Trinajstić information content (AvgIpc) is 3.20. The fourth-order valence-electron chi connectivity index (χ4n) is 2.48. The number of benzene rings is 1. The van der Waals surface area contributed by atoms with Crippen LogP contribution in [0.4, 0.5) is 0 Å². The molecule has 0 fully saturated rings. The first-order valence-electron chi connectivity index (χ1n) is 8.25. The summed E-state index contributed by atoms with van der Waals surface area (Å²) in [5.41, 5.74) is 1.91. The van der Waals surface area contributed by atoms with Crippen LogP contribution < -0.4 is 0 Å². The SMILES string of the molecule is Cc1cc(CN(C)C(=O)CSc2nnc(C)n2Cc2ccccc2)no1. The quantitative estimate of drug-likeness (QED) is 0.594. The minimum atomic E-state index is 0.00238. The van der Waals surface area contributed by atoms with Crippen molar-refractivity contribution in [1.29, 1.82) is 0 Å². The third-order valence-electron chi connectivity index (χ3n) is 3.91. The molecule has 2 heterocycles. The van der Waals surface area contributed by atoms with Gasteiger partial charge in [-0.2, -0.15) is 0 Å². The van der Waals surface area contributed by atoms with E-state index in [4.69, 9.17) is 4.52 Å². The molecule has 3 rings (SSSR count). The first-order valence-corrected chi connectivity index (χ1v) is 9.24. The number of carbonyl (C=O) groups is 1. The highest BCUT2D eigenvalue weighted by molar-refractivity contribution is 7.99. The molecule has 3 aromatic rings. The van der Waals surface area contributed by atoms with E-state index in [0.29, 0.717) is 18.8 Å². The minimum Gasteiger partial charge on any atom is -0.361 e. The summed E-state index contributed by atoms with van der Waals surface area (Å²) < 4.78 is 7.06. The minimum absolute atomic E-state index is 0.00238. The molecular formula is C18H21N5O2S. The Bertz CT molecular complexity index is 875. The lowest BCUT2D eigenvalue weighted by Gasteiger charge is -2.15. The zero-order chi connectivity index (χ0) is 18.5. The van der Waals surface area contributed by atoms with Crippen LogP contribution in [-0.2, 0) is 17.9 Å². The normalized spacial score (nSPS) is 10.9. The second kappa shape index (κ2) is 8.18. The molecule has 0 bridgehead atoms. The molecule has 0 aliphatic carbocycles. The van der Waals surface area contributed by atoms with E-state index in [2.05, 4.69) is 27.5 Å². The van der Waals surface area contributed by atoms with Crippen LogP contribution in [0.25, 0.3) is 0 Å². The zero-order valence-electron chi connectivity index (χ0n) is 15.0. The van der Waals surface area contributed by atoms with E-state index in [-0.39, 0.29) is 5.91 Å². The van der Waals surface area contributed by atoms with Crippen molar-refractivity contribution < 1.29 is 9.32 Å². The van der Waals surface area contributed by atoms with Crippen molar-refractivity contribution in [3.63, 3.8) is 0 Å². The molecule has 136 valence electrons. The molecule has 0 atom stereocenters. The van der Waals surface area contributed by atoms with Crippen molar-refractivity contribution >= 4 is 17.7 Å². The monoisotopic (exact) mass is 371 g/mol. The van der Waals surface area contributed by atoms with Crippen LogP contribution in [0.3, 0.4) is 0 Å². The molecule has 1 aromatic carbocycles. The molecule has 0 N–H and O–H groups in total. The number of aromatic nitrogens is 4. The van der Waals surface area contributed by atoms with Crippen molar-refractivity contribution in [2.45, 2.75) is 32.1 Å². The molecule has 2 aromatic heterocycles. The standard InChI is InChI=1S/C18H21N5O2S/c1-13-9-16(21-25-13)11-22(3)17(24)12-26-18-20-19-14(2)23(18)10-15-7-5-4-6-8-15/h4-9H,10-12H2,1-3H3. The van der Waals surface area contributed by atoms with Crippen LogP contribution in [0.5, 0.6) is 0 Å². The second-order valence-electron chi connectivity index (χ2n) is 6.07. The molecule has 0 aliphatic rings. The Labute approximate surface area is 156 Å². The van der Waals surface area contributed by atoms with E-state index in [1.165, 1.54) is 17.3 Å². The Morgan fingerprint density at radius 2 is 2.00 bits per heavy atom. The van der Waals surface area contributed by atoms with Crippen LogP contribution in [0, 0.1) is 13.8 Å². The van der Waals surface area contributed by atoms with Gasteiger partial charge in [-0.1, -0.05) is 47.3 Å². The van der Waals surface area contributed by atoms with Crippen molar-refractivity contribution in [2.24, 2.45) is 0 Å². The third kappa shape index (κ3) is 4.51. The van der Waals surface area contributed by atoms with Gasteiger partial charge in [0, 0.05) is 13.1 Å². The lowest BCUT2D eigenvalue weighted by atomic mass is 10.2. The zero-order valence-corrected chi connectivity index (χ0v) is 15.9. The van der Waals surface area contributed by atoms with E-state index < -0.39 is 0 Å². The van der Waals surface area contributed by atoms with Gasteiger partial charge in [0.05, 0.1) is 18.8 Å². The van der Waals surface area contributed by atoms with Gasteiger partial charge in [-0.3, -0.25) is 4.79 Å². The van der Waals surface area contributed by atoms with Crippen LogP contribution in [0.2, 0.25) is 0 Å². The van der Waals surface area contributed by atoms with Crippen molar-refractivity contribution in [3.05, 3.63) is 59.2 Å². The lowest BCUT2D eigenvalue weighted by molar-refractivity contribution is -0.127. The number of nitrogens with zero attached hydrogens (tertiary/aromatic N) is 5. The van der Waals surface area contributed by atoms with E-state index >= 15 is 0 Å². The molecule has 8 heteroatoms. The number of hydrogen-bond donors (Lipinski definition) is 0. The smallest absolute Gasteiger partial charge is 0.233 e. The molecule has 7 nitrogen and oxygen atoms in total. The van der Waals surface area contributed by atoms with Gasteiger partial charge >= 0.3 is 0 Å². The Morgan fingerprint density at radius 1 is 1.23 bits per heavy atom. The Hall–Kier alpha value is -2.61. The van der Waals surface area contributed by atoms with Gasteiger partial charge in [-0.15, -0.1) is 10.2 Å². The summed E-state index contributed by atoms with van der Waals surface area (Å²) in [5.74, 6) is 1.86. The summed E-state index contributed by atoms with van der Waals surface area (Å²) in [6.45, 7) is 4.85. The first kappa shape index (κ1) is 18.2. The number of rotatable bonds is 7. The predicted molar refractivity (Wildman–Crippen MR) is 98.7 cm³/mol. The predicted octanol–water partition coefficient (Wildman–Crippen LogP) is 2.68. The lowest BCUT2D eigenvalue weighted by Crippen LogP contribution is -2.28. The Kier molecular flexibility index (Phi) is 5.72. The van der Waals surface area contributed by atoms with Gasteiger partial charge < -0.3 is 14.0 Å². The van der Waals surface area contributed by atoms with Crippen LogP contribution in [0.1, 0.15) is 22.8 Å². The van der Waals surface area contributed by atoms with Gasteiger partial charge in [0.25, 0.3) is 0 Å². The van der Waals surface area contributed by atoms with Crippen molar-refractivity contribution in [1.82, 2.24) is 24.8 Å². The second-order valence-corrected chi connectivity index (χ2v) is 7.01. The number of thioether (sulfide) groups is 1. The molecule has 0 spiro atoms. The summed E-state index contributed by atoms with van der Waals surface area (Å²) in [6.07, 6.45) is 0. The van der Waals surface area contributed by atoms with Crippen LogP contribution in [0.15, 0.2) is 46.1 Å². The first-order chi connectivity index (χ1) is 12.5. The summed E-state index contributed by atoms with van der Waals surface area (Å²) in [4.78, 5) is 14.0. The third-order valence-corrected chi connectivity index (χ3v) is 4.86. The highest BCUT2D eigenvalue weighted by atomic mass is 32.2. The maximum absolute atomic E-state index is 12.4. The topological polar surface area (TPSA) is 77.1 Å². The molecule has 0 saturated carbocycles. The number of amides is 1. The summed E-state index contributed by atoms with van der Waals surface area (Å²) in [7, 11) is 1.76. The van der Waals surface area contributed by atoms with Gasteiger partial charge in [-0.25, -0.2) is 0 Å². The number of aryl methyl sites for hydroxylation is 2. The fourth-order valence-corrected chi connectivity index (χ4v) is 3.40. The molecule has 0 radical (unpaired) electrons. The van der Waals surface area contributed by atoms with Crippen LogP contribution in [-0.4, -0.2) is 43.5 Å². The van der Waals surface area contributed by atoms with Gasteiger partial charge in [0.15, 0.2) is 5.16 Å². The van der Waals surface area contributed by atoms with E-state index in [0.717, 1.165) is 22.4 Å². The molecule has 0 aliphatic heterocycles. The number of hydrogen-bond acceptors (Lipinski definition) is 6. The Morgan fingerprint density at radius 3 is 2.69 bits per heavy atom. The summed E-state index contributed by atoms with van der Waals surface area (Å²) in [5, 5.41) is 13.0.